The number of unbranched alkanes of at least 4 members (excludes halogenated alkanes) is 2. The highest BCUT2D eigenvalue weighted by atomic mass is 16.5. The third kappa shape index (κ3) is 4.46. The monoisotopic (exact) mass is 407 g/mol. The van der Waals surface area contributed by atoms with E-state index >= 15 is 0 Å². The fraction of sp³-hybridized carbons (Fsp3) is 0.750. The number of ether oxygens (including phenoxy) is 2. The molecular formula is C20H33N5O4. The number of hydrogen-bond donors (Lipinski definition) is 3. The summed E-state index contributed by atoms with van der Waals surface area (Å²) in [4.78, 5) is 13.0. The minimum Gasteiger partial charge on any atom is -0.476 e. The lowest BCUT2D eigenvalue weighted by atomic mass is 9.89. The molecule has 0 saturated heterocycles. The average molecular weight is 408 g/mol. The number of nitrogens with zero attached hydrogens (tertiary/aromatic N) is 4. The summed E-state index contributed by atoms with van der Waals surface area (Å²) in [5.74, 6) is 0.284. The number of fused-ring (bicyclic) bond motifs is 1. The Balaban J connectivity index is 1.85. The molecule has 1 fully saturated rings. The topological polar surface area (TPSA) is 129 Å². The van der Waals surface area contributed by atoms with Gasteiger partial charge in [0.15, 0.2) is 11.2 Å². The smallest absolute Gasteiger partial charge is 0.247 e. The number of aromatic nitrogens is 4. The minimum atomic E-state index is -1.32. The Morgan fingerprint density at radius 2 is 1.97 bits per heavy atom. The number of nitrogen functional groups attached to an aromatic ring is 1. The summed E-state index contributed by atoms with van der Waals surface area (Å²) in [6.45, 7) is 5.44. The van der Waals surface area contributed by atoms with Crippen LogP contribution in [0.15, 0.2) is 6.33 Å². The van der Waals surface area contributed by atoms with Crippen molar-refractivity contribution >= 4 is 17.1 Å². The van der Waals surface area contributed by atoms with E-state index in [0.717, 1.165) is 32.1 Å². The largest absolute Gasteiger partial charge is 0.476 e. The van der Waals surface area contributed by atoms with Crippen LogP contribution in [0.25, 0.3) is 11.2 Å². The van der Waals surface area contributed by atoms with Gasteiger partial charge in [-0.3, -0.25) is 0 Å². The number of anilines is 1. The van der Waals surface area contributed by atoms with Crippen molar-refractivity contribution in [1.82, 2.24) is 19.5 Å². The van der Waals surface area contributed by atoms with Crippen LogP contribution in [0.2, 0.25) is 0 Å². The normalized spacial score (nSPS) is 24.4. The molecule has 29 heavy (non-hydrogen) atoms. The molecule has 2 aromatic rings. The molecule has 0 radical (unpaired) electrons. The summed E-state index contributed by atoms with van der Waals surface area (Å²) in [6, 6.07) is -0.380. The Hall–Kier alpha value is -1.97. The first-order chi connectivity index (χ1) is 14.0. The van der Waals surface area contributed by atoms with Crippen LogP contribution in [0, 0.1) is 5.92 Å². The van der Waals surface area contributed by atoms with Crippen LogP contribution in [0.4, 0.5) is 5.95 Å². The highest BCUT2D eigenvalue weighted by Gasteiger charge is 2.50. The summed E-state index contributed by atoms with van der Waals surface area (Å²) in [6.07, 6.45) is 6.99. The Labute approximate surface area is 171 Å². The van der Waals surface area contributed by atoms with Crippen molar-refractivity contribution in [1.29, 1.82) is 0 Å². The van der Waals surface area contributed by atoms with Crippen LogP contribution in [0.1, 0.15) is 58.4 Å². The van der Waals surface area contributed by atoms with Gasteiger partial charge in [-0.05, 0) is 25.7 Å². The molecule has 4 N–H and O–H groups in total. The van der Waals surface area contributed by atoms with Crippen LogP contribution in [-0.2, 0) is 4.74 Å². The summed E-state index contributed by atoms with van der Waals surface area (Å²) >= 11 is 0. The molecule has 1 aliphatic rings. The highest BCUT2D eigenvalue weighted by Crippen LogP contribution is 2.45. The van der Waals surface area contributed by atoms with E-state index in [9.17, 15) is 10.2 Å². The predicted molar refractivity (Wildman–Crippen MR) is 110 cm³/mol. The molecule has 0 unspecified atom stereocenters. The second-order valence-electron chi connectivity index (χ2n) is 7.78. The van der Waals surface area contributed by atoms with E-state index in [2.05, 4.69) is 28.8 Å². The van der Waals surface area contributed by atoms with Gasteiger partial charge < -0.3 is 30.0 Å². The second kappa shape index (κ2) is 9.69. The average Bonchev–Trinajstić information content (AvgIpc) is 3.26. The summed E-state index contributed by atoms with van der Waals surface area (Å²) in [5.41, 5.74) is 5.61. The Kier molecular flexibility index (Phi) is 7.26. The van der Waals surface area contributed by atoms with Crippen molar-refractivity contribution < 1.29 is 19.7 Å². The van der Waals surface area contributed by atoms with Crippen molar-refractivity contribution in [3.8, 4) is 5.88 Å². The molecule has 0 aromatic carbocycles. The standard InChI is InChI=1S/C20H33N5O4/c1-3-5-9-28-11-14-7-8-15(20(14,27)12-26)25-13-22-16-17(25)23-19(21)24-18(16)29-10-6-4-2/h13-15,26-27H,3-12H2,1-2H3,(H2,21,23,24)/t14-,15-,20-/m0/s1. The Bertz CT molecular complexity index is 799. The lowest BCUT2D eigenvalue weighted by Crippen LogP contribution is -2.46. The molecule has 0 bridgehead atoms. The number of imidazole rings is 1. The molecule has 3 atom stereocenters. The van der Waals surface area contributed by atoms with E-state index in [0.29, 0.717) is 43.3 Å². The van der Waals surface area contributed by atoms with Crippen LogP contribution in [0.3, 0.4) is 0 Å². The van der Waals surface area contributed by atoms with E-state index in [-0.39, 0.29) is 24.5 Å². The summed E-state index contributed by atoms with van der Waals surface area (Å²) in [5, 5.41) is 21.4. The molecular weight excluding hydrogens is 374 g/mol. The molecule has 162 valence electrons. The third-order valence-corrected chi connectivity index (χ3v) is 5.77. The molecule has 0 amide bonds. The molecule has 0 aliphatic heterocycles. The van der Waals surface area contributed by atoms with Gasteiger partial charge >= 0.3 is 0 Å². The maximum Gasteiger partial charge on any atom is 0.247 e. The van der Waals surface area contributed by atoms with Crippen LogP contribution in [0.5, 0.6) is 5.88 Å². The van der Waals surface area contributed by atoms with E-state index in [1.165, 1.54) is 0 Å². The summed E-state index contributed by atoms with van der Waals surface area (Å²) < 4.78 is 13.3. The molecule has 2 heterocycles. The molecule has 9 heteroatoms. The first-order valence-electron chi connectivity index (χ1n) is 10.6. The first-order valence-corrected chi connectivity index (χ1v) is 10.6. The second-order valence-corrected chi connectivity index (χ2v) is 7.78. The molecule has 1 saturated carbocycles. The fourth-order valence-electron chi connectivity index (χ4n) is 3.99. The SMILES string of the molecule is CCCCOC[C@@H]1CC[C@H](n2cnc3c(OCCCC)nc(N)nc32)[C@]1(O)CO. The van der Waals surface area contributed by atoms with Gasteiger partial charge in [0.1, 0.15) is 5.60 Å². The molecule has 0 spiro atoms. The van der Waals surface area contributed by atoms with E-state index in [1.54, 1.807) is 10.9 Å². The van der Waals surface area contributed by atoms with Crippen molar-refractivity contribution in [3.63, 3.8) is 0 Å². The van der Waals surface area contributed by atoms with Gasteiger partial charge in [-0.25, -0.2) is 4.98 Å². The van der Waals surface area contributed by atoms with Gasteiger partial charge in [0.2, 0.25) is 11.8 Å². The van der Waals surface area contributed by atoms with Crippen molar-refractivity contribution in [2.75, 3.05) is 32.2 Å². The van der Waals surface area contributed by atoms with Gasteiger partial charge in [-0.15, -0.1) is 0 Å². The molecule has 9 nitrogen and oxygen atoms in total. The van der Waals surface area contributed by atoms with E-state index < -0.39 is 5.60 Å². The van der Waals surface area contributed by atoms with Gasteiger partial charge in [-0.2, -0.15) is 9.97 Å². The number of rotatable bonds is 11. The quantitative estimate of drug-likeness (QED) is 0.483. The number of aliphatic hydroxyl groups excluding tert-OH is 1. The van der Waals surface area contributed by atoms with Crippen molar-refractivity contribution in [2.24, 2.45) is 5.92 Å². The Morgan fingerprint density at radius 3 is 2.69 bits per heavy atom. The van der Waals surface area contributed by atoms with Gasteiger partial charge in [0.25, 0.3) is 0 Å². The first kappa shape index (κ1) is 21.7. The Morgan fingerprint density at radius 1 is 1.21 bits per heavy atom. The summed E-state index contributed by atoms with van der Waals surface area (Å²) in [7, 11) is 0. The molecule has 3 rings (SSSR count). The van der Waals surface area contributed by atoms with Crippen molar-refractivity contribution in [3.05, 3.63) is 6.33 Å². The zero-order chi connectivity index (χ0) is 20.9. The highest BCUT2D eigenvalue weighted by molar-refractivity contribution is 5.77. The maximum atomic E-state index is 11.3. The molecule has 2 aromatic heterocycles. The lowest BCUT2D eigenvalue weighted by Gasteiger charge is -2.34. The van der Waals surface area contributed by atoms with Crippen LogP contribution in [-0.4, -0.2) is 61.8 Å². The minimum absolute atomic E-state index is 0.0933. The zero-order valence-corrected chi connectivity index (χ0v) is 17.4. The van der Waals surface area contributed by atoms with E-state index in [4.69, 9.17) is 15.2 Å². The van der Waals surface area contributed by atoms with Gasteiger partial charge in [0, 0.05) is 12.5 Å². The number of nitrogens with two attached hydrogens (primary N) is 1. The third-order valence-electron chi connectivity index (χ3n) is 5.77. The van der Waals surface area contributed by atoms with E-state index in [1.807, 2.05) is 0 Å². The predicted octanol–water partition coefficient (Wildman–Crippen LogP) is 2.08. The number of hydrogen-bond acceptors (Lipinski definition) is 8. The van der Waals surface area contributed by atoms with Crippen LogP contribution >= 0.6 is 0 Å². The van der Waals surface area contributed by atoms with Crippen molar-refractivity contribution in [2.45, 2.75) is 64.0 Å². The zero-order valence-electron chi connectivity index (χ0n) is 17.4. The molecule has 1 aliphatic carbocycles. The lowest BCUT2D eigenvalue weighted by molar-refractivity contribution is -0.0918. The van der Waals surface area contributed by atoms with Gasteiger partial charge in [-0.1, -0.05) is 26.7 Å². The van der Waals surface area contributed by atoms with Gasteiger partial charge in [0.05, 0.1) is 32.2 Å². The number of aliphatic hydroxyl groups is 2. The van der Waals surface area contributed by atoms with Crippen LogP contribution < -0.4 is 10.5 Å². The maximum absolute atomic E-state index is 11.3. The fourth-order valence-corrected chi connectivity index (χ4v) is 3.99.